The van der Waals surface area contributed by atoms with E-state index in [1.54, 1.807) is 12.1 Å². The molecule has 1 amide bonds. The monoisotopic (exact) mass is 499 g/mol. The number of benzene rings is 1. The third-order valence-electron chi connectivity index (χ3n) is 8.21. The van der Waals surface area contributed by atoms with Crippen LogP contribution in [-0.4, -0.2) is 54.7 Å². The Labute approximate surface area is 208 Å². The van der Waals surface area contributed by atoms with Crippen LogP contribution in [0.1, 0.15) is 75.1 Å². The van der Waals surface area contributed by atoms with Crippen molar-refractivity contribution in [1.82, 2.24) is 19.4 Å². The fourth-order valence-electron chi connectivity index (χ4n) is 6.35. The first-order valence-corrected chi connectivity index (χ1v) is 14.4. The summed E-state index contributed by atoms with van der Waals surface area (Å²) in [6.07, 6.45) is 8.65. The molecule has 1 aromatic heterocycles. The molecule has 0 radical (unpaired) electrons. The number of hydrogen-bond acceptors (Lipinski definition) is 5. The summed E-state index contributed by atoms with van der Waals surface area (Å²) in [5, 5.41) is 7.58. The molecule has 1 aromatic carbocycles. The maximum atomic E-state index is 12.9. The van der Waals surface area contributed by atoms with Gasteiger partial charge in [-0.15, -0.1) is 0 Å². The third-order valence-corrected chi connectivity index (χ3v) is 9.65. The van der Waals surface area contributed by atoms with Crippen molar-refractivity contribution in [2.24, 2.45) is 13.0 Å². The molecule has 1 aliphatic carbocycles. The van der Waals surface area contributed by atoms with E-state index >= 15 is 0 Å². The molecular weight excluding hydrogens is 462 g/mol. The van der Waals surface area contributed by atoms with Crippen LogP contribution in [-0.2, 0) is 21.9 Å². The van der Waals surface area contributed by atoms with E-state index < -0.39 is 10.0 Å². The maximum Gasteiger partial charge on any atom is 0.240 e. The summed E-state index contributed by atoms with van der Waals surface area (Å²) in [5.41, 5.74) is 3.20. The van der Waals surface area contributed by atoms with Crippen LogP contribution in [0.15, 0.2) is 35.2 Å². The molecule has 8 nitrogen and oxygen atoms in total. The number of carbonyl (C=O) groups excluding carboxylic acids is 1. The first-order chi connectivity index (χ1) is 16.8. The normalized spacial score (nSPS) is 27.1. The van der Waals surface area contributed by atoms with Crippen LogP contribution in [0.2, 0.25) is 0 Å². The average molecular weight is 500 g/mol. The summed E-state index contributed by atoms with van der Waals surface area (Å²) in [5.74, 6) is 1.45. The standard InChI is InChI=1S/C26H37N5O3S/c1-18(32)28-21-8-10-23(11-9-21)35(33,34)27-16-22-14-20-12-13-31(22)17-24(20)26-15-25(29-30(26)2)19-6-4-3-5-7-19/h8-11,15,19-20,22,24,27H,3-7,12-14,16-17H2,1-2H3,(H,28,32)/t20-,22+,24+/m1/s1. The van der Waals surface area contributed by atoms with E-state index in [1.807, 2.05) is 0 Å². The van der Waals surface area contributed by atoms with Crippen LogP contribution in [0.3, 0.4) is 0 Å². The number of nitrogens with zero attached hydrogens (tertiary/aromatic N) is 3. The largest absolute Gasteiger partial charge is 0.326 e. The zero-order valence-electron chi connectivity index (χ0n) is 20.7. The molecule has 4 fully saturated rings. The Balaban J connectivity index is 1.21. The van der Waals surface area contributed by atoms with Crippen LogP contribution in [0.5, 0.6) is 0 Å². The van der Waals surface area contributed by atoms with Crippen LogP contribution >= 0.6 is 0 Å². The molecule has 1 saturated carbocycles. The van der Waals surface area contributed by atoms with Crippen molar-refractivity contribution in [2.45, 2.75) is 74.6 Å². The van der Waals surface area contributed by atoms with E-state index in [-0.39, 0.29) is 16.8 Å². The molecule has 4 atom stereocenters. The summed E-state index contributed by atoms with van der Waals surface area (Å²) in [6.45, 7) is 3.82. The molecule has 0 spiro atoms. The Bertz CT molecular complexity index is 1150. The minimum atomic E-state index is -3.61. The Morgan fingerprint density at radius 3 is 2.51 bits per heavy atom. The molecule has 4 aliphatic rings. The highest BCUT2D eigenvalue weighted by Gasteiger charge is 2.42. The predicted octanol–water partition coefficient (Wildman–Crippen LogP) is 3.58. The van der Waals surface area contributed by atoms with Crippen LogP contribution in [0.4, 0.5) is 5.69 Å². The fourth-order valence-corrected chi connectivity index (χ4v) is 7.42. The van der Waals surface area contributed by atoms with Crippen molar-refractivity contribution < 1.29 is 13.2 Å². The molecule has 4 heterocycles. The van der Waals surface area contributed by atoms with Gasteiger partial charge in [0.2, 0.25) is 15.9 Å². The third kappa shape index (κ3) is 5.32. The van der Waals surface area contributed by atoms with E-state index in [0.29, 0.717) is 30.0 Å². The van der Waals surface area contributed by atoms with Gasteiger partial charge in [-0.05, 0) is 68.5 Å². The van der Waals surface area contributed by atoms with Crippen LogP contribution in [0, 0.1) is 5.92 Å². The van der Waals surface area contributed by atoms with Crippen molar-refractivity contribution in [3.05, 3.63) is 41.7 Å². The lowest BCUT2D eigenvalue weighted by molar-refractivity contribution is -0.114. The van der Waals surface area contributed by atoms with Gasteiger partial charge in [-0.25, -0.2) is 13.1 Å². The minimum absolute atomic E-state index is 0.185. The lowest BCUT2D eigenvalue weighted by Crippen LogP contribution is -2.56. The van der Waals surface area contributed by atoms with Crippen LogP contribution in [0.25, 0.3) is 0 Å². The van der Waals surface area contributed by atoms with Gasteiger partial charge < -0.3 is 5.32 Å². The van der Waals surface area contributed by atoms with Crippen molar-refractivity contribution in [3.8, 4) is 0 Å². The molecule has 9 heteroatoms. The number of fused-ring (bicyclic) bond motifs is 3. The number of nitrogens with one attached hydrogen (secondary N) is 2. The highest BCUT2D eigenvalue weighted by atomic mass is 32.2. The molecule has 2 N–H and O–H groups in total. The molecule has 3 aliphatic heterocycles. The first-order valence-electron chi connectivity index (χ1n) is 13.0. The van der Waals surface area contributed by atoms with Gasteiger partial charge in [0.1, 0.15) is 0 Å². The number of rotatable bonds is 7. The van der Waals surface area contributed by atoms with Crippen molar-refractivity contribution in [2.75, 3.05) is 25.0 Å². The summed E-state index contributed by atoms with van der Waals surface area (Å²) < 4.78 is 30.7. The highest BCUT2D eigenvalue weighted by molar-refractivity contribution is 7.89. The lowest BCUT2D eigenvalue weighted by Gasteiger charge is -2.50. The lowest BCUT2D eigenvalue weighted by atomic mass is 9.74. The molecule has 2 bridgehead atoms. The zero-order chi connectivity index (χ0) is 24.6. The van der Waals surface area contributed by atoms with Crippen LogP contribution < -0.4 is 10.0 Å². The number of piperidine rings is 3. The quantitative estimate of drug-likeness (QED) is 0.607. The van der Waals surface area contributed by atoms with Gasteiger partial charge in [0.05, 0.1) is 10.6 Å². The number of aryl methyl sites for hydroxylation is 1. The Morgan fingerprint density at radius 1 is 1.11 bits per heavy atom. The number of amides is 1. The Morgan fingerprint density at radius 2 is 1.86 bits per heavy atom. The van der Waals surface area contributed by atoms with Crippen molar-refractivity contribution >= 4 is 21.6 Å². The second-order valence-electron chi connectivity index (χ2n) is 10.5. The smallest absolute Gasteiger partial charge is 0.240 e. The van der Waals surface area contributed by atoms with E-state index in [2.05, 4.69) is 32.7 Å². The Hall–Kier alpha value is -2.23. The fraction of sp³-hybridized carbons (Fsp3) is 0.615. The predicted molar refractivity (Wildman–Crippen MR) is 136 cm³/mol. The Kier molecular flexibility index (Phi) is 7.01. The van der Waals surface area contributed by atoms with Gasteiger partial charge in [0.15, 0.2) is 0 Å². The summed E-state index contributed by atoms with van der Waals surface area (Å²) in [6, 6.07) is 8.87. The molecule has 1 unspecified atom stereocenters. The van der Waals surface area contributed by atoms with Gasteiger partial charge in [-0.3, -0.25) is 14.4 Å². The van der Waals surface area contributed by atoms with Gasteiger partial charge in [-0.2, -0.15) is 5.10 Å². The van der Waals surface area contributed by atoms with E-state index in [4.69, 9.17) is 5.10 Å². The average Bonchev–Trinajstić information content (AvgIpc) is 3.25. The molecule has 6 rings (SSSR count). The van der Waals surface area contributed by atoms with Gasteiger partial charge in [0, 0.05) is 56.3 Å². The van der Waals surface area contributed by atoms with E-state index in [9.17, 15) is 13.2 Å². The minimum Gasteiger partial charge on any atom is -0.326 e. The molecule has 3 saturated heterocycles. The number of carbonyl (C=O) groups is 1. The molecular formula is C26H37N5O3S. The number of sulfonamides is 1. The number of anilines is 1. The second kappa shape index (κ2) is 10.0. The SMILES string of the molecule is CC(=O)Nc1ccc(S(=O)(=O)NC[C@@H]2C[C@H]3CCN2C[C@@H]3c2cc(C3CCCCC3)nn2C)cc1. The second-order valence-corrected chi connectivity index (χ2v) is 12.3. The van der Waals surface area contributed by atoms with Crippen molar-refractivity contribution in [1.29, 1.82) is 0 Å². The van der Waals surface area contributed by atoms with E-state index in [1.165, 1.54) is 62.5 Å². The topological polar surface area (TPSA) is 96.3 Å². The first kappa shape index (κ1) is 24.5. The summed E-state index contributed by atoms with van der Waals surface area (Å²) in [4.78, 5) is 13.9. The highest BCUT2D eigenvalue weighted by Crippen LogP contribution is 2.43. The zero-order valence-corrected chi connectivity index (χ0v) is 21.6. The summed E-state index contributed by atoms with van der Waals surface area (Å²) >= 11 is 0. The summed E-state index contributed by atoms with van der Waals surface area (Å²) in [7, 11) is -1.52. The van der Waals surface area contributed by atoms with Gasteiger partial charge in [-0.1, -0.05) is 19.3 Å². The number of aromatic nitrogens is 2. The van der Waals surface area contributed by atoms with E-state index in [0.717, 1.165) is 25.9 Å². The maximum absolute atomic E-state index is 12.9. The molecule has 190 valence electrons. The van der Waals surface area contributed by atoms with Gasteiger partial charge in [0.25, 0.3) is 0 Å². The van der Waals surface area contributed by atoms with Crippen molar-refractivity contribution in [3.63, 3.8) is 0 Å². The number of hydrogen-bond donors (Lipinski definition) is 2. The van der Waals surface area contributed by atoms with Gasteiger partial charge >= 0.3 is 0 Å². The molecule has 35 heavy (non-hydrogen) atoms. The molecule has 2 aromatic rings.